The molecule has 0 aliphatic carbocycles. The van der Waals surface area contributed by atoms with E-state index in [0.29, 0.717) is 0 Å². The Kier molecular flexibility index (Phi) is 339. The molecule has 0 saturated carbocycles. The van der Waals surface area contributed by atoms with Crippen LogP contribution in [-0.2, 0) is 75.6 Å². The van der Waals surface area contributed by atoms with Crippen LogP contribution < -0.4 is 0 Å². The van der Waals surface area contributed by atoms with Gasteiger partial charge in [0.2, 0.25) is 0 Å². The van der Waals surface area contributed by atoms with E-state index in [2.05, 4.69) is 7.57 Å². The van der Waals surface area contributed by atoms with Gasteiger partial charge < -0.3 is 0 Å². The smallest absolute Gasteiger partial charge is 0 e. The van der Waals surface area contributed by atoms with Crippen molar-refractivity contribution in [3.63, 3.8) is 0 Å². The van der Waals surface area contributed by atoms with E-state index < -0.39 is 0 Å². The zero-order chi connectivity index (χ0) is 6.83. The van der Waals surface area contributed by atoms with Crippen molar-refractivity contribution >= 4 is 74.4 Å². The van der Waals surface area contributed by atoms with Gasteiger partial charge in [0, 0.05) is 26.2 Å². The van der Waals surface area contributed by atoms with Crippen molar-refractivity contribution in [1.82, 2.24) is 0 Å². The zero-order valence-electron chi connectivity index (χ0n) is 8.26. The molecule has 9 heteroatoms. The van der Waals surface area contributed by atoms with E-state index in [1.165, 1.54) is 49.4 Å². The van der Waals surface area contributed by atoms with Crippen molar-refractivity contribution in [2.24, 2.45) is 0 Å². The summed E-state index contributed by atoms with van der Waals surface area (Å²) in [5.74, 6) is 0. The Hall–Kier alpha value is 3.87. The molecule has 0 aromatic rings. The second-order valence-corrected chi connectivity index (χ2v) is 2.64. The van der Waals surface area contributed by atoms with Crippen LogP contribution in [0.2, 0.25) is 0 Å². The largest absolute Gasteiger partial charge is 0.147 e. The summed E-state index contributed by atoms with van der Waals surface area (Å²) in [6, 6.07) is 0. The van der Waals surface area contributed by atoms with Crippen molar-refractivity contribution < 1.29 is 75.6 Å². The summed E-state index contributed by atoms with van der Waals surface area (Å²) in [5.41, 5.74) is 0. The molecular formula is C6H16Cl6Zr3. The first-order valence-corrected chi connectivity index (χ1v) is 5.24. The summed E-state index contributed by atoms with van der Waals surface area (Å²) >= 11 is 2.98. The maximum Gasteiger partial charge on any atom is 0 e. The molecule has 0 atom stereocenters. The van der Waals surface area contributed by atoms with Gasteiger partial charge >= 0.3 is 83.0 Å². The van der Waals surface area contributed by atoms with Gasteiger partial charge in [-0.3, -0.25) is 0 Å². The Balaban J connectivity index is -0.00000000468. The van der Waals surface area contributed by atoms with Crippen molar-refractivity contribution in [2.75, 3.05) is 0 Å². The fraction of sp³-hybridized carbons (Fsp3) is 0.333. The number of rotatable bonds is 0. The molecule has 0 rings (SSSR count). The predicted molar refractivity (Wildman–Crippen MR) is 73.1 cm³/mol. The van der Waals surface area contributed by atoms with Crippen LogP contribution in [0.15, 0.2) is 19.7 Å². The molecule has 0 amide bonds. The third-order valence-electron chi connectivity index (χ3n) is 0.333. The maximum atomic E-state index is 2.09. The van der Waals surface area contributed by atoms with Gasteiger partial charge in [0.1, 0.15) is 0 Å². The van der Waals surface area contributed by atoms with E-state index in [0.717, 1.165) is 0 Å². The minimum Gasteiger partial charge on any atom is -0.147 e. The first kappa shape index (κ1) is 61.9. The number of allylic oxidation sites excluding steroid dienone is 2. The molecule has 0 aromatic carbocycles. The van der Waals surface area contributed by atoms with E-state index in [-0.39, 0.29) is 101 Å². The van der Waals surface area contributed by atoms with Crippen LogP contribution in [-0.4, -0.2) is 0 Å². The molecule has 0 aliphatic rings. The SMILES string of the molecule is CC=[CH][Zr].CC=[CH][Zr].Cl.Cl.Cl.Cl.Cl.Cl.[Zr]. The molecule has 0 spiro atoms. The van der Waals surface area contributed by atoms with Crippen molar-refractivity contribution in [2.45, 2.75) is 13.8 Å². The van der Waals surface area contributed by atoms with E-state index >= 15 is 0 Å². The fourth-order valence-corrected chi connectivity index (χ4v) is 0. The topological polar surface area (TPSA) is 0 Å². The van der Waals surface area contributed by atoms with E-state index in [1.807, 2.05) is 26.0 Å². The van der Waals surface area contributed by atoms with Crippen molar-refractivity contribution in [3.05, 3.63) is 19.7 Å². The molecule has 0 unspecified atom stereocenters. The molecule has 0 radical (unpaired) electrons. The first-order valence-electron chi connectivity index (χ1n) is 2.40. The first-order chi connectivity index (χ1) is 3.83. The summed E-state index contributed by atoms with van der Waals surface area (Å²) in [6.07, 6.45) is 4.08. The number of halogens is 6. The van der Waals surface area contributed by atoms with Crippen LogP contribution in [0, 0.1) is 0 Å². The summed E-state index contributed by atoms with van der Waals surface area (Å²) in [5, 5.41) is 0. The molecule has 94 valence electrons. The summed E-state index contributed by atoms with van der Waals surface area (Å²) in [4.78, 5) is 0. The molecule has 0 bridgehead atoms. The standard InChI is InChI=1S/2C3H5.6ClH.3Zr/c2*1-3-2;;;;;;;;;/h2*1,3H,2H3;6*1H;;;. The predicted octanol–water partition coefficient (Wildman–Crippen LogP) is 4.66. The molecule has 0 heterocycles. The molecule has 15 heavy (non-hydrogen) atoms. The van der Waals surface area contributed by atoms with Crippen LogP contribution in [0.25, 0.3) is 0 Å². The average molecular weight is 575 g/mol. The monoisotopic (exact) mass is 568 g/mol. The Morgan fingerprint density at radius 2 is 0.667 bits per heavy atom. The van der Waals surface area contributed by atoms with Crippen LogP contribution in [0.1, 0.15) is 13.8 Å². The summed E-state index contributed by atoms with van der Waals surface area (Å²) < 4.78 is 4.18. The summed E-state index contributed by atoms with van der Waals surface area (Å²) in [6.45, 7) is 4.04. The minimum absolute atomic E-state index is 0. The third-order valence-corrected chi connectivity index (χ3v) is 1.97. The molecule has 0 nitrogen and oxygen atoms in total. The van der Waals surface area contributed by atoms with Crippen LogP contribution in [0.3, 0.4) is 0 Å². The van der Waals surface area contributed by atoms with E-state index in [4.69, 9.17) is 0 Å². The molecule has 0 saturated heterocycles. The van der Waals surface area contributed by atoms with Gasteiger partial charge in [-0.25, -0.2) is 0 Å². The van der Waals surface area contributed by atoms with Gasteiger partial charge in [-0.15, -0.1) is 74.4 Å². The third kappa shape index (κ3) is 131. The number of hydrogen-bond acceptors (Lipinski definition) is 0. The molecular weight excluding hydrogens is 558 g/mol. The van der Waals surface area contributed by atoms with Gasteiger partial charge in [0.15, 0.2) is 0 Å². The van der Waals surface area contributed by atoms with Crippen LogP contribution in [0.5, 0.6) is 0 Å². The molecule has 0 fully saturated rings. The van der Waals surface area contributed by atoms with Gasteiger partial charge in [0.05, 0.1) is 0 Å². The van der Waals surface area contributed by atoms with E-state index in [9.17, 15) is 0 Å². The quantitative estimate of drug-likeness (QED) is 0.395. The number of hydrogen-bond donors (Lipinski definition) is 0. The second-order valence-electron chi connectivity index (χ2n) is 1.00. The van der Waals surface area contributed by atoms with Crippen LogP contribution in [0.4, 0.5) is 0 Å². The molecule has 0 aliphatic heterocycles. The molecule has 0 aromatic heterocycles. The maximum absolute atomic E-state index is 2.09. The Morgan fingerprint density at radius 1 is 0.600 bits per heavy atom. The van der Waals surface area contributed by atoms with Gasteiger partial charge in [0.25, 0.3) is 0 Å². The zero-order valence-corrected chi connectivity index (χ0v) is 20.5. The Labute approximate surface area is 180 Å². The fourth-order valence-electron chi connectivity index (χ4n) is 0. The van der Waals surface area contributed by atoms with E-state index in [1.54, 1.807) is 0 Å². The summed E-state index contributed by atoms with van der Waals surface area (Å²) in [7, 11) is 0. The second kappa shape index (κ2) is 82.1. The van der Waals surface area contributed by atoms with Crippen LogP contribution >= 0.6 is 74.4 Å². The Morgan fingerprint density at radius 3 is 0.667 bits per heavy atom. The van der Waals surface area contributed by atoms with Gasteiger partial charge in [-0.2, -0.15) is 0 Å². The minimum atomic E-state index is 0. The van der Waals surface area contributed by atoms with Gasteiger partial charge in [-0.05, 0) is 0 Å². The van der Waals surface area contributed by atoms with Gasteiger partial charge in [-0.1, -0.05) is 0 Å². The van der Waals surface area contributed by atoms with Crippen molar-refractivity contribution in [3.8, 4) is 0 Å². The Bertz CT molecular complexity index is 63.3. The normalized spacial score (nSPS) is 4.80. The average Bonchev–Trinajstić information content (AvgIpc) is 1.88. The van der Waals surface area contributed by atoms with Crippen molar-refractivity contribution in [1.29, 1.82) is 0 Å². The molecule has 0 N–H and O–H groups in total.